The number of nitrogens with zero attached hydrogens (tertiary/aromatic N) is 1. The molecular formula is C23H26N4OS. The van der Waals surface area contributed by atoms with Gasteiger partial charge in [0, 0.05) is 11.9 Å². The van der Waals surface area contributed by atoms with Crippen LogP contribution in [0.25, 0.3) is 0 Å². The normalized spacial score (nSPS) is 19.3. The van der Waals surface area contributed by atoms with Gasteiger partial charge in [-0.1, -0.05) is 36.4 Å². The van der Waals surface area contributed by atoms with Crippen molar-refractivity contribution in [3.05, 3.63) is 76.5 Å². The quantitative estimate of drug-likeness (QED) is 0.648. The number of rotatable bonds is 5. The molecule has 1 atom stereocenters. The van der Waals surface area contributed by atoms with Crippen molar-refractivity contribution in [3.63, 3.8) is 0 Å². The third kappa shape index (κ3) is 4.00. The van der Waals surface area contributed by atoms with Crippen molar-refractivity contribution in [2.24, 2.45) is 0 Å². The van der Waals surface area contributed by atoms with Gasteiger partial charge in [0.2, 0.25) is 0 Å². The van der Waals surface area contributed by atoms with E-state index in [1.165, 1.54) is 52.6 Å². The van der Waals surface area contributed by atoms with Gasteiger partial charge < -0.3 is 10.3 Å². The molecule has 6 heteroatoms. The average molecular weight is 407 g/mol. The van der Waals surface area contributed by atoms with E-state index in [1.807, 2.05) is 29.4 Å². The number of benzene rings is 2. The second-order valence-electron chi connectivity index (χ2n) is 7.91. The molecule has 0 fully saturated rings. The molecule has 0 radical (unpaired) electrons. The number of carbonyl (C=O) groups is 1. The Bertz CT molecular complexity index is 911. The van der Waals surface area contributed by atoms with E-state index in [9.17, 15) is 4.79 Å². The molecule has 2 amide bonds. The monoisotopic (exact) mass is 406 g/mol. The summed E-state index contributed by atoms with van der Waals surface area (Å²) in [7, 11) is 0. The highest BCUT2D eigenvalue weighted by Crippen LogP contribution is 2.38. The SMILES string of the molecule is O=C(NSC1C=CN(Cc2ccccc2)N1)Nc1c2c(cc3c1CCC3)CCC2. The van der Waals surface area contributed by atoms with Crippen LogP contribution in [0.5, 0.6) is 0 Å². The maximum Gasteiger partial charge on any atom is 0.329 e. The van der Waals surface area contributed by atoms with E-state index >= 15 is 0 Å². The molecule has 5 rings (SSSR count). The summed E-state index contributed by atoms with van der Waals surface area (Å²) in [5.41, 5.74) is 11.3. The van der Waals surface area contributed by atoms with E-state index in [0.717, 1.165) is 37.9 Å². The molecule has 1 unspecified atom stereocenters. The molecular weight excluding hydrogens is 380 g/mol. The largest absolute Gasteiger partial charge is 0.329 e. The minimum atomic E-state index is -0.138. The van der Waals surface area contributed by atoms with E-state index in [4.69, 9.17) is 0 Å². The molecule has 2 aromatic carbocycles. The fraction of sp³-hybridized carbons (Fsp3) is 0.348. The fourth-order valence-corrected chi connectivity index (χ4v) is 5.22. The third-order valence-electron chi connectivity index (χ3n) is 5.92. The van der Waals surface area contributed by atoms with E-state index in [-0.39, 0.29) is 11.4 Å². The summed E-state index contributed by atoms with van der Waals surface area (Å²) in [6.45, 7) is 0.795. The Kier molecular flexibility index (Phi) is 5.21. The lowest BCUT2D eigenvalue weighted by molar-refractivity contribution is 0.257. The number of carbonyl (C=O) groups excluding carboxylic acids is 1. The molecule has 150 valence electrons. The molecule has 2 aliphatic carbocycles. The van der Waals surface area contributed by atoms with Crippen LogP contribution in [-0.4, -0.2) is 16.4 Å². The van der Waals surface area contributed by atoms with Crippen LogP contribution in [0.3, 0.4) is 0 Å². The lowest BCUT2D eigenvalue weighted by Gasteiger charge is -2.20. The van der Waals surface area contributed by atoms with Gasteiger partial charge in [0.15, 0.2) is 0 Å². The zero-order valence-corrected chi connectivity index (χ0v) is 17.2. The maximum atomic E-state index is 12.6. The molecule has 2 aromatic rings. The smallest absolute Gasteiger partial charge is 0.310 e. The number of aryl methyl sites for hydroxylation is 2. The number of amides is 2. The van der Waals surface area contributed by atoms with Crippen LogP contribution in [0, 0.1) is 0 Å². The number of nitrogens with one attached hydrogen (secondary N) is 3. The molecule has 0 spiro atoms. The summed E-state index contributed by atoms with van der Waals surface area (Å²) in [4.78, 5) is 12.6. The van der Waals surface area contributed by atoms with E-state index < -0.39 is 0 Å². The van der Waals surface area contributed by atoms with Crippen molar-refractivity contribution in [1.29, 1.82) is 0 Å². The van der Waals surface area contributed by atoms with Gasteiger partial charge in [-0.2, -0.15) is 0 Å². The second-order valence-corrected chi connectivity index (χ2v) is 8.86. The number of hydrogen-bond donors (Lipinski definition) is 3. The summed E-state index contributed by atoms with van der Waals surface area (Å²) in [6.07, 6.45) is 10.9. The fourth-order valence-electron chi connectivity index (χ4n) is 4.60. The first-order chi connectivity index (χ1) is 14.3. The van der Waals surface area contributed by atoms with Crippen molar-refractivity contribution in [1.82, 2.24) is 15.2 Å². The van der Waals surface area contributed by atoms with Gasteiger partial charge in [-0.15, -0.1) is 0 Å². The van der Waals surface area contributed by atoms with Crippen LogP contribution in [-0.2, 0) is 32.2 Å². The maximum absolute atomic E-state index is 12.6. The summed E-state index contributed by atoms with van der Waals surface area (Å²) in [6, 6.07) is 12.6. The first-order valence-corrected chi connectivity index (χ1v) is 11.3. The molecule has 0 saturated carbocycles. The highest BCUT2D eigenvalue weighted by atomic mass is 32.2. The number of hydrazine groups is 1. The van der Waals surface area contributed by atoms with Gasteiger partial charge in [-0.3, -0.25) is 4.72 Å². The predicted octanol–water partition coefficient (Wildman–Crippen LogP) is 4.29. The van der Waals surface area contributed by atoms with Crippen molar-refractivity contribution in [2.75, 3.05) is 5.32 Å². The number of anilines is 1. The van der Waals surface area contributed by atoms with Crippen LogP contribution in [0.15, 0.2) is 48.7 Å². The van der Waals surface area contributed by atoms with Gasteiger partial charge >= 0.3 is 6.03 Å². The van der Waals surface area contributed by atoms with E-state index in [1.54, 1.807) is 0 Å². The van der Waals surface area contributed by atoms with Crippen molar-refractivity contribution in [3.8, 4) is 0 Å². The Hall–Kier alpha value is -2.44. The summed E-state index contributed by atoms with van der Waals surface area (Å²) in [5.74, 6) is 0. The standard InChI is InChI=1S/C23H26N4OS/c28-23(24-22-19-10-4-8-17(19)14-18-9-5-11-20(18)22)26-29-21-12-13-27(25-21)15-16-6-2-1-3-7-16/h1-3,6-7,12-14,21,25H,4-5,8-11,15H2,(H2,24,26,28). The van der Waals surface area contributed by atoms with Crippen molar-refractivity contribution in [2.45, 2.75) is 50.4 Å². The number of hydrogen-bond acceptors (Lipinski definition) is 4. The minimum Gasteiger partial charge on any atom is -0.310 e. The third-order valence-corrected chi connectivity index (χ3v) is 6.74. The lowest BCUT2D eigenvalue weighted by atomic mass is 9.99. The Labute approximate surface area is 176 Å². The van der Waals surface area contributed by atoms with E-state index in [0.29, 0.717) is 0 Å². The second kappa shape index (κ2) is 8.13. The van der Waals surface area contributed by atoms with Gasteiger partial charge in [0.05, 0.1) is 6.54 Å². The van der Waals surface area contributed by atoms with Crippen LogP contribution in [0.1, 0.15) is 40.7 Å². The van der Waals surface area contributed by atoms with Crippen LogP contribution in [0.4, 0.5) is 10.5 Å². The summed E-state index contributed by atoms with van der Waals surface area (Å²) < 4.78 is 2.97. The summed E-state index contributed by atoms with van der Waals surface area (Å²) >= 11 is 1.39. The summed E-state index contributed by atoms with van der Waals surface area (Å²) in [5, 5.41) is 5.25. The molecule has 5 nitrogen and oxygen atoms in total. The first kappa shape index (κ1) is 18.6. The molecule has 3 N–H and O–H groups in total. The number of fused-ring (bicyclic) bond motifs is 2. The van der Waals surface area contributed by atoms with Gasteiger partial charge in [0.1, 0.15) is 5.37 Å². The molecule has 3 aliphatic rings. The van der Waals surface area contributed by atoms with Gasteiger partial charge in [-0.25, -0.2) is 10.2 Å². The Balaban J connectivity index is 1.17. The topological polar surface area (TPSA) is 56.4 Å². The van der Waals surface area contributed by atoms with Crippen LogP contribution >= 0.6 is 11.9 Å². The molecule has 1 aliphatic heterocycles. The minimum absolute atomic E-state index is 0.0247. The predicted molar refractivity (Wildman–Crippen MR) is 118 cm³/mol. The van der Waals surface area contributed by atoms with Gasteiger partial charge in [-0.05, 0) is 84.4 Å². The lowest BCUT2D eigenvalue weighted by Crippen LogP contribution is -2.36. The van der Waals surface area contributed by atoms with E-state index in [2.05, 4.69) is 39.7 Å². The first-order valence-electron chi connectivity index (χ1n) is 10.4. The Morgan fingerprint density at radius 3 is 2.52 bits per heavy atom. The zero-order valence-electron chi connectivity index (χ0n) is 16.4. The molecule has 0 bridgehead atoms. The van der Waals surface area contributed by atoms with Crippen molar-refractivity contribution < 1.29 is 4.79 Å². The number of urea groups is 1. The van der Waals surface area contributed by atoms with Gasteiger partial charge in [0.25, 0.3) is 0 Å². The average Bonchev–Trinajstić information content (AvgIpc) is 3.47. The molecule has 0 aromatic heterocycles. The zero-order chi connectivity index (χ0) is 19.6. The van der Waals surface area contributed by atoms with Crippen LogP contribution < -0.4 is 15.5 Å². The highest BCUT2D eigenvalue weighted by molar-refractivity contribution is 7.98. The Morgan fingerprint density at radius 1 is 1.07 bits per heavy atom. The Morgan fingerprint density at radius 2 is 1.79 bits per heavy atom. The molecule has 1 heterocycles. The highest BCUT2D eigenvalue weighted by Gasteiger charge is 2.25. The molecule has 29 heavy (non-hydrogen) atoms. The van der Waals surface area contributed by atoms with Crippen LogP contribution in [0.2, 0.25) is 0 Å². The van der Waals surface area contributed by atoms with Crippen molar-refractivity contribution >= 4 is 23.7 Å². The molecule has 0 saturated heterocycles.